The SMILES string of the molecule is OB(O)c1ccc2cc(-c3ccc4oc5ccccc5c4c3)ccc2c1. The zero-order valence-corrected chi connectivity index (χ0v) is 13.9. The van der Waals surface area contributed by atoms with E-state index in [1.807, 2.05) is 36.4 Å². The molecule has 0 aliphatic carbocycles. The maximum absolute atomic E-state index is 9.33. The molecule has 4 heteroatoms. The highest BCUT2D eigenvalue weighted by Crippen LogP contribution is 2.33. The molecule has 3 nitrogen and oxygen atoms in total. The normalized spacial score (nSPS) is 11.5. The van der Waals surface area contributed by atoms with Gasteiger partial charge in [-0.15, -0.1) is 0 Å². The van der Waals surface area contributed by atoms with E-state index in [1.165, 1.54) is 0 Å². The maximum Gasteiger partial charge on any atom is 0.488 e. The van der Waals surface area contributed by atoms with Gasteiger partial charge in [0.1, 0.15) is 11.2 Å². The van der Waals surface area contributed by atoms with Gasteiger partial charge >= 0.3 is 7.12 Å². The largest absolute Gasteiger partial charge is 0.488 e. The van der Waals surface area contributed by atoms with Crippen LogP contribution in [0, 0.1) is 0 Å². The summed E-state index contributed by atoms with van der Waals surface area (Å²) in [6.07, 6.45) is 0. The van der Waals surface area contributed by atoms with Gasteiger partial charge in [-0.1, -0.05) is 54.6 Å². The van der Waals surface area contributed by atoms with Crippen molar-refractivity contribution in [2.24, 2.45) is 0 Å². The highest BCUT2D eigenvalue weighted by atomic mass is 16.4. The molecule has 4 aromatic carbocycles. The van der Waals surface area contributed by atoms with Crippen LogP contribution in [0.5, 0.6) is 0 Å². The number of furan rings is 1. The number of fused-ring (bicyclic) bond motifs is 4. The van der Waals surface area contributed by atoms with E-state index >= 15 is 0 Å². The Hall–Kier alpha value is -3.08. The van der Waals surface area contributed by atoms with Crippen LogP contribution < -0.4 is 5.46 Å². The minimum Gasteiger partial charge on any atom is -0.456 e. The summed E-state index contributed by atoms with van der Waals surface area (Å²) in [6, 6.07) is 25.9. The Morgan fingerprint density at radius 1 is 0.615 bits per heavy atom. The third-order valence-electron chi connectivity index (χ3n) is 4.87. The Morgan fingerprint density at radius 3 is 2.19 bits per heavy atom. The van der Waals surface area contributed by atoms with E-state index in [4.69, 9.17) is 4.42 Å². The molecule has 0 fully saturated rings. The highest BCUT2D eigenvalue weighted by Gasteiger charge is 2.12. The lowest BCUT2D eigenvalue weighted by atomic mass is 9.79. The summed E-state index contributed by atoms with van der Waals surface area (Å²) in [5, 5.41) is 22.9. The zero-order chi connectivity index (χ0) is 17.7. The Labute approximate surface area is 150 Å². The standard InChI is InChI=1S/C22H15BO3/c24-23(25)18-9-7-15-11-14(5-6-16(15)12-18)17-8-10-22-20(13-17)19-3-1-2-4-21(19)26-22/h1-13,24-25H. The lowest BCUT2D eigenvalue weighted by Gasteiger charge is -2.06. The quantitative estimate of drug-likeness (QED) is 0.477. The van der Waals surface area contributed by atoms with Crippen molar-refractivity contribution in [2.75, 3.05) is 0 Å². The monoisotopic (exact) mass is 338 g/mol. The molecule has 26 heavy (non-hydrogen) atoms. The number of benzene rings is 4. The van der Waals surface area contributed by atoms with Crippen LogP contribution >= 0.6 is 0 Å². The molecular weight excluding hydrogens is 323 g/mol. The average Bonchev–Trinajstić information content (AvgIpc) is 3.05. The molecule has 0 atom stereocenters. The summed E-state index contributed by atoms with van der Waals surface area (Å²) in [6.45, 7) is 0. The average molecular weight is 338 g/mol. The van der Waals surface area contributed by atoms with Crippen LogP contribution in [0.2, 0.25) is 0 Å². The fourth-order valence-electron chi connectivity index (χ4n) is 3.51. The molecule has 0 aliphatic rings. The first-order valence-electron chi connectivity index (χ1n) is 8.50. The van der Waals surface area contributed by atoms with Gasteiger partial charge in [-0.3, -0.25) is 0 Å². The van der Waals surface area contributed by atoms with Crippen LogP contribution in [0.1, 0.15) is 0 Å². The van der Waals surface area contributed by atoms with E-state index in [1.54, 1.807) is 12.1 Å². The number of hydrogen-bond acceptors (Lipinski definition) is 3. The van der Waals surface area contributed by atoms with Gasteiger partial charge in [-0.2, -0.15) is 0 Å². The molecule has 2 N–H and O–H groups in total. The van der Waals surface area contributed by atoms with Crippen molar-refractivity contribution < 1.29 is 14.5 Å². The van der Waals surface area contributed by atoms with Gasteiger partial charge < -0.3 is 14.5 Å². The van der Waals surface area contributed by atoms with Crippen molar-refractivity contribution in [1.82, 2.24) is 0 Å². The van der Waals surface area contributed by atoms with E-state index < -0.39 is 7.12 Å². The van der Waals surface area contributed by atoms with Crippen molar-refractivity contribution in [3.05, 3.63) is 78.9 Å². The molecule has 0 spiro atoms. The third-order valence-corrected chi connectivity index (χ3v) is 4.87. The topological polar surface area (TPSA) is 53.6 Å². The predicted octanol–water partition coefficient (Wildman–Crippen LogP) is 4.09. The Balaban J connectivity index is 1.66. The highest BCUT2D eigenvalue weighted by molar-refractivity contribution is 6.58. The molecule has 5 aromatic rings. The van der Waals surface area contributed by atoms with Crippen LogP contribution in [0.3, 0.4) is 0 Å². The minimum atomic E-state index is -1.45. The van der Waals surface area contributed by atoms with Crippen LogP contribution in [0.25, 0.3) is 43.8 Å². The first-order valence-corrected chi connectivity index (χ1v) is 8.50. The Kier molecular flexibility index (Phi) is 3.35. The second-order valence-corrected chi connectivity index (χ2v) is 6.50. The fourth-order valence-corrected chi connectivity index (χ4v) is 3.51. The molecule has 0 aliphatic heterocycles. The smallest absolute Gasteiger partial charge is 0.456 e. The Morgan fingerprint density at radius 2 is 1.31 bits per heavy atom. The molecule has 1 aromatic heterocycles. The molecule has 0 saturated carbocycles. The van der Waals surface area contributed by atoms with Gasteiger partial charge in [-0.25, -0.2) is 0 Å². The van der Waals surface area contributed by atoms with Crippen molar-refractivity contribution in [3.8, 4) is 11.1 Å². The number of para-hydroxylation sites is 1. The second-order valence-electron chi connectivity index (χ2n) is 6.50. The summed E-state index contributed by atoms with van der Waals surface area (Å²) >= 11 is 0. The van der Waals surface area contributed by atoms with Crippen LogP contribution in [-0.2, 0) is 0 Å². The lowest BCUT2D eigenvalue weighted by Crippen LogP contribution is -2.29. The van der Waals surface area contributed by atoms with Crippen LogP contribution in [0.4, 0.5) is 0 Å². The number of rotatable bonds is 2. The Bertz CT molecular complexity index is 1270. The van der Waals surface area contributed by atoms with Gasteiger partial charge in [-0.05, 0) is 51.6 Å². The van der Waals surface area contributed by atoms with Crippen molar-refractivity contribution in [3.63, 3.8) is 0 Å². The van der Waals surface area contributed by atoms with Gasteiger partial charge in [0.2, 0.25) is 0 Å². The van der Waals surface area contributed by atoms with E-state index in [-0.39, 0.29) is 0 Å². The molecule has 124 valence electrons. The van der Waals surface area contributed by atoms with Crippen LogP contribution in [0.15, 0.2) is 83.3 Å². The summed E-state index contributed by atoms with van der Waals surface area (Å²) in [5.74, 6) is 0. The first-order chi connectivity index (χ1) is 12.7. The molecule has 5 rings (SSSR count). The first kappa shape index (κ1) is 15.2. The van der Waals surface area contributed by atoms with E-state index in [9.17, 15) is 10.0 Å². The number of hydrogen-bond donors (Lipinski definition) is 2. The lowest BCUT2D eigenvalue weighted by molar-refractivity contribution is 0.426. The van der Waals surface area contributed by atoms with E-state index in [2.05, 4.69) is 30.3 Å². The minimum absolute atomic E-state index is 0.497. The summed E-state index contributed by atoms with van der Waals surface area (Å²) < 4.78 is 5.90. The molecule has 0 bridgehead atoms. The van der Waals surface area contributed by atoms with Crippen molar-refractivity contribution >= 4 is 45.3 Å². The van der Waals surface area contributed by atoms with Gasteiger partial charge in [0, 0.05) is 10.8 Å². The van der Waals surface area contributed by atoms with Gasteiger partial charge in [0.15, 0.2) is 0 Å². The third kappa shape index (κ3) is 2.39. The summed E-state index contributed by atoms with van der Waals surface area (Å²) in [5.41, 5.74) is 4.52. The fraction of sp³-hybridized carbons (Fsp3) is 0. The van der Waals surface area contributed by atoms with Gasteiger partial charge in [0.25, 0.3) is 0 Å². The van der Waals surface area contributed by atoms with Gasteiger partial charge in [0.05, 0.1) is 0 Å². The van der Waals surface area contributed by atoms with Crippen molar-refractivity contribution in [1.29, 1.82) is 0 Å². The predicted molar refractivity (Wildman–Crippen MR) is 106 cm³/mol. The zero-order valence-electron chi connectivity index (χ0n) is 13.9. The maximum atomic E-state index is 9.33. The molecular formula is C22H15BO3. The van der Waals surface area contributed by atoms with Crippen LogP contribution in [-0.4, -0.2) is 17.2 Å². The van der Waals surface area contributed by atoms with E-state index in [0.717, 1.165) is 43.8 Å². The summed E-state index contributed by atoms with van der Waals surface area (Å²) in [4.78, 5) is 0. The van der Waals surface area contributed by atoms with Crippen molar-refractivity contribution in [2.45, 2.75) is 0 Å². The second kappa shape index (κ2) is 5.73. The van der Waals surface area contributed by atoms with E-state index in [0.29, 0.717) is 5.46 Å². The molecule has 0 amide bonds. The molecule has 0 radical (unpaired) electrons. The molecule has 1 heterocycles. The summed E-state index contributed by atoms with van der Waals surface area (Å²) in [7, 11) is -1.45. The molecule has 0 saturated heterocycles. The molecule has 0 unspecified atom stereocenters.